The highest BCUT2D eigenvalue weighted by Gasteiger charge is 2.15. The Morgan fingerprint density at radius 3 is 2.52 bits per heavy atom. The van der Waals surface area contributed by atoms with Crippen molar-refractivity contribution in [2.24, 2.45) is 0 Å². The summed E-state index contributed by atoms with van der Waals surface area (Å²) in [6.07, 6.45) is 2.73. The number of hydrogen-bond acceptors (Lipinski definition) is 5. The van der Waals surface area contributed by atoms with Crippen LogP contribution in [0.1, 0.15) is 45.6 Å². The molecule has 0 aliphatic rings. The summed E-state index contributed by atoms with van der Waals surface area (Å²) in [4.78, 5) is 24.0. The summed E-state index contributed by atoms with van der Waals surface area (Å²) in [6.45, 7) is 5.57. The van der Waals surface area contributed by atoms with E-state index in [1.165, 1.54) is 6.07 Å². The van der Waals surface area contributed by atoms with E-state index in [2.05, 4.69) is 0 Å². The van der Waals surface area contributed by atoms with Crippen LogP contribution in [-0.2, 0) is 16.0 Å². The van der Waals surface area contributed by atoms with E-state index in [1.54, 1.807) is 12.1 Å². The molecular formula is C22H24O5. The van der Waals surface area contributed by atoms with Crippen LogP contribution in [0, 0.1) is 0 Å². The molecule has 0 radical (unpaired) electrons. The lowest BCUT2D eigenvalue weighted by atomic mass is 10.0. The third-order valence-corrected chi connectivity index (χ3v) is 4.28. The summed E-state index contributed by atoms with van der Waals surface area (Å²) in [7, 11) is 0. The first-order valence-electron chi connectivity index (χ1n) is 9.13. The molecule has 0 saturated carbocycles. The van der Waals surface area contributed by atoms with E-state index >= 15 is 0 Å². The van der Waals surface area contributed by atoms with Crippen LogP contribution in [0.4, 0.5) is 0 Å². The van der Waals surface area contributed by atoms with Crippen molar-refractivity contribution in [3.8, 4) is 5.75 Å². The van der Waals surface area contributed by atoms with Crippen molar-refractivity contribution in [3.63, 3.8) is 0 Å². The van der Waals surface area contributed by atoms with Gasteiger partial charge in [0.15, 0.2) is 0 Å². The SMILES string of the molecule is CC(C)(C)OC(=O)CCCCc1ccc2c(c1)c(=O)oc1cc(O)ccc12. The molecule has 0 aliphatic heterocycles. The summed E-state index contributed by atoms with van der Waals surface area (Å²) < 4.78 is 10.6. The Morgan fingerprint density at radius 2 is 1.78 bits per heavy atom. The maximum absolute atomic E-state index is 12.3. The molecule has 0 saturated heterocycles. The molecule has 0 fully saturated rings. The van der Waals surface area contributed by atoms with Gasteiger partial charge in [-0.2, -0.15) is 0 Å². The molecule has 1 heterocycles. The largest absolute Gasteiger partial charge is 0.508 e. The first-order valence-corrected chi connectivity index (χ1v) is 9.13. The molecule has 0 amide bonds. The average molecular weight is 368 g/mol. The number of carbonyl (C=O) groups excluding carboxylic acids is 1. The number of carbonyl (C=O) groups is 1. The Hall–Kier alpha value is -2.82. The Bertz CT molecular complexity index is 1040. The molecule has 0 atom stereocenters. The Labute approximate surface area is 157 Å². The standard InChI is InChI=1S/C22H24O5/c1-22(2,3)27-20(24)7-5-4-6-14-8-10-16-17-11-9-15(23)13-19(17)26-21(25)18(16)12-14/h8-13,23H,4-7H2,1-3H3. The number of fused-ring (bicyclic) bond motifs is 3. The van der Waals surface area contributed by atoms with Gasteiger partial charge in [-0.05, 0) is 69.2 Å². The molecule has 27 heavy (non-hydrogen) atoms. The highest BCUT2D eigenvalue weighted by molar-refractivity contribution is 6.04. The zero-order chi connectivity index (χ0) is 19.6. The van der Waals surface area contributed by atoms with E-state index in [4.69, 9.17) is 9.15 Å². The predicted octanol–water partition coefficient (Wildman–Crippen LogP) is 4.71. The molecular weight excluding hydrogens is 344 g/mol. The number of aromatic hydroxyl groups is 1. The van der Waals surface area contributed by atoms with Crippen molar-refractivity contribution in [2.45, 2.75) is 52.1 Å². The van der Waals surface area contributed by atoms with Crippen LogP contribution in [0.5, 0.6) is 5.75 Å². The van der Waals surface area contributed by atoms with Gasteiger partial charge in [0.25, 0.3) is 0 Å². The Morgan fingerprint density at radius 1 is 1.04 bits per heavy atom. The normalized spacial score (nSPS) is 11.8. The van der Waals surface area contributed by atoms with Gasteiger partial charge in [0.2, 0.25) is 0 Å². The lowest BCUT2D eigenvalue weighted by Gasteiger charge is -2.19. The van der Waals surface area contributed by atoms with Crippen LogP contribution in [0.25, 0.3) is 21.7 Å². The molecule has 5 nitrogen and oxygen atoms in total. The molecule has 3 aromatic rings. The number of benzene rings is 2. The molecule has 3 rings (SSSR count). The second-order valence-corrected chi connectivity index (χ2v) is 7.74. The maximum atomic E-state index is 12.3. The fraction of sp³-hybridized carbons (Fsp3) is 0.364. The van der Waals surface area contributed by atoms with E-state index < -0.39 is 11.2 Å². The molecule has 1 aromatic heterocycles. The van der Waals surface area contributed by atoms with Crippen LogP contribution in [0.15, 0.2) is 45.6 Å². The first-order chi connectivity index (χ1) is 12.7. The number of phenolic OH excluding ortho intramolecular Hbond substituents is 1. The average Bonchev–Trinajstić information content (AvgIpc) is 2.57. The molecule has 0 spiro atoms. The molecule has 0 unspecified atom stereocenters. The summed E-state index contributed by atoms with van der Waals surface area (Å²) in [5, 5.41) is 11.7. The minimum Gasteiger partial charge on any atom is -0.508 e. The maximum Gasteiger partial charge on any atom is 0.344 e. The molecule has 0 bridgehead atoms. The minimum absolute atomic E-state index is 0.0617. The van der Waals surface area contributed by atoms with Gasteiger partial charge in [-0.15, -0.1) is 0 Å². The molecule has 142 valence electrons. The minimum atomic E-state index is -0.455. The number of esters is 1. The number of phenols is 1. The van der Waals surface area contributed by atoms with Crippen molar-refractivity contribution in [1.82, 2.24) is 0 Å². The van der Waals surface area contributed by atoms with E-state index in [9.17, 15) is 14.7 Å². The van der Waals surface area contributed by atoms with Crippen molar-refractivity contribution < 1.29 is 19.1 Å². The summed E-state index contributed by atoms with van der Waals surface area (Å²) in [5.41, 5.74) is 0.525. The van der Waals surface area contributed by atoms with E-state index in [0.717, 1.165) is 35.6 Å². The molecule has 0 aliphatic carbocycles. The van der Waals surface area contributed by atoms with Crippen LogP contribution < -0.4 is 5.63 Å². The quantitative estimate of drug-likeness (QED) is 0.305. The third kappa shape index (κ3) is 4.67. The fourth-order valence-electron chi connectivity index (χ4n) is 3.11. The second kappa shape index (κ2) is 7.43. The first kappa shape index (κ1) is 19.0. The zero-order valence-electron chi connectivity index (χ0n) is 15.9. The van der Waals surface area contributed by atoms with Gasteiger partial charge in [-0.3, -0.25) is 4.79 Å². The lowest BCUT2D eigenvalue weighted by Crippen LogP contribution is -2.23. The molecule has 1 N–H and O–H groups in total. The number of rotatable bonds is 5. The van der Waals surface area contributed by atoms with Crippen molar-refractivity contribution in [2.75, 3.05) is 0 Å². The number of unbranched alkanes of at least 4 members (excludes halogenated alkanes) is 1. The van der Waals surface area contributed by atoms with Crippen molar-refractivity contribution in [3.05, 3.63) is 52.4 Å². The van der Waals surface area contributed by atoms with E-state index in [1.807, 2.05) is 39.0 Å². The highest BCUT2D eigenvalue weighted by atomic mass is 16.6. The van der Waals surface area contributed by atoms with Crippen molar-refractivity contribution in [1.29, 1.82) is 0 Å². The molecule has 5 heteroatoms. The Balaban J connectivity index is 1.71. The second-order valence-electron chi connectivity index (χ2n) is 7.74. The number of aryl methyl sites for hydroxylation is 1. The highest BCUT2D eigenvalue weighted by Crippen LogP contribution is 2.26. The number of ether oxygens (including phenoxy) is 1. The lowest BCUT2D eigenvalue weighted by molar-refractivity contribution is -0.154. The smallest absolute Gasteiger partial charge is 0.344 e. The van der Waals surface area contributed by atoms with Crippen LogP contribution >= 0.6 is 0 Å². The van der Waals surface area contributed by atoms with E-state index in [-0.39, 0.29) is 11.7 Å². The van der Waals surface area contributed by atoms with Gasteiger partial charge in [0.1, 0.15) is 16.9 Å². The monoisotopic (exact) mass is 368 g/mol. The summed E-state index contributed by atoms with van der Waals surface area (Å²) >= 11 is 0. The van der Waals surface area contributed by atoms with E-state index in [0.29, 0.717) is 17.4 Å². The van der Waals surface area contributed by atoms with Crippen molar-refractivity contribution >= 4 is 27.7 Å². The van der Waals surface area contributed by atoms with Gasteiger partial charge >= 0.3 is 11.6 Å². The van der Waals surface area contributed by atoms with Crippen LogP contribution in [-0.4, -0.2) is 16.7 Å². The van der Waals surface area contributed by atoms with Crippen LogP contribution in [0.2, 0.25) is 0 Å². The number of hydrogen-bond donors (Lipinski definition) is 1. The van der Waals surface area contributed by atoms with Gasteiger partial charge < -0.3 is 14.3 Å². The predicted molar refractivity (Wildman–Crippen MR) is 105 cm³/mol. The van der Waals surface area contributed by atoms with Gasteiger partial charge in [-0.1, -0.05) is 12.1 Å². The topological polar surface area (TPSA) is 76.7 Å². The zero-order valence-corrected chi connectivity index (χ0v) is 15.9. The van der Waals surface area contributed by atoms with Gasteiger partial charge in [-0.25, -0.2) is 4.79 Å². The third-order valence-electron chi connectivity index (χ3n) is 4.28. The molecule has 2 aromatic carbocycles. The Kier molecular flexibility index (Phi) is 5.22. The fourth-order valence-corrected chi connectivity index (χ4v) is 3.11. The van der Waals surface area contributed by atoms with Crippen LogP contribution in [0.3, 0.4) is 0 Å². The summed E-state index contributed by atoms with van der Waals surface area (Å²) in [6, 6.07) is 10.5. The summed E-state index contributed by atoms with van der Waals surface area (Å²) in [5.74, 6) is -0.122. The van der Waals surface area contributed by atoms with Gasteiger partial charge in [0, 0.05) is 17.9 Å². The van der Waals surface area contributed by atoms with Gasteiger partial charge in [0.05, 0.1) is 5.39 Å².